The molecule has 0 atom stereocenters. The molecule has 0 spiro atoms. The second kappa shape index (κ2) is 5.29. The SMILES string of the molecule is CC.Cc1cncc(C(N)=O)c1. The highest BCUT2D eigenvalue weighted by Crippen LogP contribution is 1.98. The summed E-state index contributed by atoms with van der Waals surface area (Å²) in [6, 6.07) is 1.70. The van der Waals surface area contributed by atoms with Crippen molar-refractivity contribution < 1.29 is 4.79 Å². The van der Waals surface area contributed by atoms with Crippen molar-refractivity contribution in [3.8, 4) is 0 Å². The first-order valence-electron chi connectivity index (χ1n) is 3.91. The molecule has 0 aliphatic heterocycles. The molecular formula is C9H14N2O. The number of rotatable bonds is 1. The first-order chi connectivity index (χ1) is 5.70. The van der Waals surface area contributed by atoms with E-state index in [0.717, 1.165) is 5.56 Å². The molecule has 0 saturated heterocycles. The van der Waals surface area contributed by atoms with Gasteiger partial charge in [0.25, 0.3) is 0 Å². The van der Waals surface area contributed by atoms with E-state index >= 15 is 0 Å². The second-order valence-corrected chi connectivity index (χ2v) is 2.12. The van der Waals surface area contributed by atoms with E-state index in [1.165, 1.54) is 6.20 Å². The van der Waals surface area contributed by atoms with Crippen LogP contribution in [-0.2, 0) is 0 Å². The molecule has 0 bridgehead atoms. The maximum atomic E-state index is 10.5. The lowest BCUT2D eigenvalue weighted by Crippen LogP contribution is -2.11. The third kappa shape index (κ3) is 3.14. The van der Waals surface area contributed by atoms with Gasteiger partial charge in [-0.25, -0.2) is 0 Å². The molecule has 1 aromatic rings. The predicted octanol–water partition coefficient (Wildman–Crippen LogP) is 1.52. The van der Waals surface area contributed by atoms with Crippen LogP contribution in [0.15, 0.2) is 18.5 Å². The van der Waals surface area contributed by atoms with E-state index in [1.54, 1.807) is 12.3 Å². The minimum absolute atomic E-state index is 0.434. The van der Waals surface area contributed by atoms with E-state index in [9.17, 15) is 4.79 Å². The molecule has 0 radical (unpaired) electrons. The predicted molar refractivity (Wildman–Crippen MR) is 48.8 cm³/mol. The van der Waals surface area contributed by atoms with E-state index < -0.39 is 5.91 Å². The summed E-state index contributed by atoms with van der Waals surface area (Å²) in [6.45, 7) is 5.86. The van der Waals surface area contributed by atoms with E-state index in [-0.39, 0.29) is 0 Å². The van der Waals surface area contributed by atoms with Gasteiger partial charge in [-0.2, -0.15) is 0 Å². The van der Waals surface area contributed by atoms with Crippen LogP contribution in [0.25, 0.3) is 0 Å². The minimum Gasteiger partial charge on any atom is -0.366 e. The van der Waals surface area contributed by atoms with Crippen molar-refractivity contribution in [2.45, 2.75) is 20.8 Å². The van der Waals surface area contributed by atoms with Crippen LogP contribution in [0.4, 0.5) is 0 Å². The average molecular weight is 166 g/mol. The zero-order valence-electron chi connectivity index (χ0n) is 7.66. The number of hydrogen-bond donors (Lipinski definition) is 1. The molecule has 0 aliphatic rings. The Morgan fingerprint density at radius 2 is 2.00 bits per heavy atom. The van der Waals surface area contributed by atoms with E-state index in [1.807, 2.05) is 20.8 Å². The number of nitrogens with two attached hydrogens (primary N) is 1. The van der Waals surface area contributed by atoms with Gasteiger partial charge >= 0.3 is 0 Å². The van der Waals surface area contributed by atoms with E-state index in [2.05, 4.69) is 4.98 Å². The topological polar surface area (TPSA) is 56.0 Å². The van der Waals surface area contributed by atoms with Gasteiger partial charge in [-0.3, -0.25) is 9.78 Å². The highest BCUT2D eigenvalue weighted by Gasteiger charge is 1.97. The Morgan fingerprint density at radius 3 is 2.33 bits per heavy atom. The molecule has 0 saturated carbocycles. The van der Waals surface area contributed by atoms with Crippen LogP contribution in [0.1, 0.15) is 29.8 Å². The fourth-order valence-corrected chi connectivity index (χ4v) is 0.690. The van der Waals surface area contributed by atoms with Gasteiger partial charge in [0.15, 0.2) is 0 Å². The lowest BCUT2D eigenvalue weighted by atomic mass is 10.2. The van der Waals surface area contributed by atoms with Crippen molar-refractivity contribution in [1.82, 2.24) is 4.98 Å². The minimum atomic E-state index is -0.434. The fraction of sp³-hybridized carbons (Fsp3) is 0.333. The molecular weight excluding hydrogens is 152 g/mol. The Bertz CT molecular complexity index is 258. The highest BCUT2D eigenvalue weighted by atomic mass is 16.1. The molecule has 0 aromatic carbocycles. The first-order valence-corrected chi connectivity index (χ1v) is 3.91. The molecule has 0 fully saturated rings. The summed E-state index contributed by atoms with van der Waals surface area (Å²) in [5.74, 6) is -0.434. The number of nitrogens with zero attached hydrogens (tertiary/aromatic N) is 1. The van der Waals surface area contributed by atoms with Crippen LogP contribution in [0, 0.1) is 6.92 Å². The molecule has 1 amide bonds. The third-order valence-electron chi connectivity index (χ3n) is 1.16. The van der Waals surface area contributed by atoms with Crippen LogP contribution >= 0.6 is 0 Å². The summed E-state index contributed by atoms with van der Waals surface area (Å²) >= 11 is 0. The van der Waals surface area contributed by atoms with Crippen LogP contribution in [-0.4, -0.2) is 10.9 Å². The molecule has 66 valence electrons. The number of carbonyl (C=O) groups is 1. The van der Waals surface area contributed by atoms with Crippen molar-refractivity contribution >= 4 is 5.91 Å². The number of carbonyl (C=O) groups excluding carboxylic acids is 1. The van der Waals surface area contributed by atoms with Gasteiger partial charge in [-0.15, -0.1) is 0 Å². The molecule has 3 nitrogen and oxygen atoms in total. The Labute approximate surface area is 72.6 Å². The first kappa shape index (κ1) is 10.6. The molecule has 0 unspecified atom stereocenters. The quantitative estimate of drug-likeness (QED) is 0.687. The second-order valence-electron chi connectivity index (χ2n) is 2.12. The van der Waals surface area contributed by atoms with Gasteiger partial charge in [-0.05, 0) is 18.6 Å². The highest BCUT2D eigenvalue weighted by molar-refractivity contribution is 5.92. The number of primary amides is 1. The molecule has 3 heteroatoms. The van der Waals surface area contributed by atoms with Crippen LogP contribution in [0.2, 0.25) is 0 Å². The number of amides is 1. The summed E-state index contributed by atoms with van der Waals surface area (Å²) in [4.78, 5) is 14.3. The Balaban J connectivity index is 0.000000561. The van der Waals surface area contributed by atoms with Crippen molar-refractivity contribution in [2.24, 2.45) is 5.73 Å². The summed E-state index contributed by atoms with van der Waals surface area (Å²) in [5, 5.41) is 0. The maximum Gasteiger partial charge on any atom is 0.250 e. The summed E-state index contributed by atoms with van der Waals surface area (Å²) in [5.41, 5.74) is 6.40. The normalized spacial score (nSPS) is 8.25. The zero-order chi connectivity index (χ0) is 9.56. The van der Waals surface area contributed by atoms with Crippen LogP contribution < -0.4 is 5.73 Å². The Kier molecular flexibility index (Phi) is 4.69. The Hall–Kier alpha value is -1.38. The van der Waals surface area contributed by atoms with E-state index in [0.29, 0.717) is 5.56 Å². The molecule has 1 heterocycles. The number of pyridine rings is 1. The summed E-state index contributed by atoms with van der Waals surface area (Å²) in [6.07, 6.45) is 3.13. The molecule has 1 aromatic heterocycles. The van der Waals surface area contributed by atoms with Crippen molar-refractivity contribution in [3.05, 3.63) is 29.6 Å². The van der Waals surface area contributed by atoms with Gasteiger partial charge in [0.2, 0.25) is 5.91 Å². The average Bonchev–Trinajstić information content (AvgIpc) is 2.08. The van der Waals surface area contributed by atoms with Crippen molar-refractivity contribution in [1.29, 1.82) is 0 Å². The number of hydrogen-bond acceptors (Lipinski definition) is 2. The summed E-state index contributed by atoms with van der Waals surface area (Å²) < 4.78 is 0. The monoisotopic (exact) mass is 166 g/mol. The molecule has 2 N–H and O–H groups in total. The lowest BCUT2D eigenvalue weighted by Gasteiger charge is -1.93. The van der Waals surface area contributed by atoms with E-state index in [4.69, 9.17) is 5.73 Å². The van der Waals surface area contributed by atoms with Gasteiger partial charge in [0, 0.05) is 12.4 Å². The van der Waals surface area contributed by atoms with Gasteiger partial charge in [-0.1, -0.05) is 13.8 Å². The zero-order valence-corrected chi connectivity index (χ0v) is 7.66. The number of aromatic nitrogens is 1. The van der Waals surface area contributed by atoms with Crippen LogP contribution in [0.3, 0.4) is 0 Å². The fourth-order valence-electron chi connectivity index (χ4n) is 0.690. The number of aryl methyl sites for hydroxylation is 1. The summed E-state index contributed by atoms with van der Waals surface area (Å²) in [7, 11) is 0. The lowest BCUT2D eigenvalue weighted by molar-refractivity contribution is 0.1000. The third-order valence-corrected chi connectivity index (χ3v) is 1.16. The smallest absolute Gasteiger partial charge is 0.250 e. The van der Waals surface area contributed by atoms with Crippen molar-refractivity contribution in [3.63, 3.8) is 0 Å². The van der Waals surface area contributed by atoms with Gasteiger partial charge < -0.3 is 5.73 Å². The molecule has 0 aliphatic carbocycles. The van der Waals surface area contributed by atoms with Gasteiger partial charge in [0.05, 0.1) is 5.56 Å². The maximum absolute atomic E-state index is 10.5. The Morgan fingerprint density at radius 1 is 1.42 bits per heavy atom. The molecule has 12 heavy (non-hydrogen) atoms. The standard InChI is InChI=1S/C7H8N2O.C2H6/c1-5-2-6(7(8)10)4-9-3-5;1-2/h2-4H,1H3,(H2,8,10);1-2H3. The van der Waals surface area contributed by atoms with Crippen molar-refractivity contribution in [2.75, 3.05) is 0 Å². The largest absolute Gasteiger partial charge is 0.366 e. The molecule has 1 rings (SSSR count). The van der Waals surface area contributed by atoms with Gasteiger partial charge in [0.1, 0.15) is 0 Å². The van der Waals surface area contributed by atoms with Crippen LogP contribution in [0.5, 0.6) is 0 Å².